The third-order valence-electron chi connectivity index (χ3n) is 6.71. The van der Waals surface area contributed by atoms with E-state index in [1.165, 1.54) is 5.56 Å². The van der Waals surface area contributed by atoms with E-state index in [-0.39, 0.29) is 17.9 Å². The Labute approximate surface area is 192 Å². The van der Waals surface area contributed by atoms with Gasteiger partial charge in [0.05, 0.1) is 11.4 Å². The molecule has 1 aliphatic carbocycles. The summed E-state index contributed by atoms with van der Waals surface area (Å²) in [6.07, 6.45) is 4.29. The Balaban J connectivity index is 1.51. The first-order valence-corrected chi connectivity index (χ1v) is 12.1. The molecular formula is C25H28N4O2S. The minimum absolute atomic E-state index is 0.0938. The molecule has 1 fully saturated rings. The fourth-order valence-corrected chi connectivity index (χ4v) is 5.40. The zero-order valence-electron chi connectivity index (χ0n) is 18.5. The second kappa shape index (κ2) is 8.20. The number of carbonyl (C=O) groups excluding carboxylic acids is 2. The van der Waals surface area contributed by atoms with Gasteiger partial charge in [-0.1, -0.05) is 48.7 Å². The molecule has 0 radical (unpaired) electrons. The summed E-state index contributed by atoms with van der Waals surface area (Å²) in [6.45, 7) is 4.63. The zero-order valence-corrected chi connectivity index (χ0v) is 19.3. The average molecular weight is 449 g/mol. The van der Waals surface area contributed by atoms with E-state index in [0.717, 1.165) is 41.8 Å². The van der Waals surface area contributed by atoms with Gasteiger partial charge in [0.1, 0.15) is 16.9 Å². The molecule has 3 heterocycles. The molecule has 0 spiro atoms. The number of hydrogen-bond donors (Lipinski definition) is 1. The summed E-state index contributed by atoms with van der Waals surface area (Å²) in [5.74, 6) is -0.250. The molecule has 7 heteroatoms. The highest BCUT2D eigenvalue weighted by atomic mass is 32.1. The normalized spacial score (nSPS) is 21.1. The molecular weight excluding hydrogens is 420 g/mol. The Kier molecular flexibility index (Phi) is 5.37. The highest BCUT2D eigenvalue weighted by Gasteiger charge is 2.48. The minimum atomic E-state index is -1.02. The van der Waals surface area contributed by atoms with Crippen LogP contribution >= 0.6 is 11.3 Å². The molecule has 1 unspecified atom stereocenters. The molecule has 1 N–H and O–H groups in total. The van der Waals surface area contributed by atoms with E-state index in [0.29, 0.717) is 18.8 Å². The van der Waals surface area contributed by atoms with Crippen LogP contribution in [-0.2, 0) is 17.9 Å². The van der Waals surface area contributed by atoms with Crippen molar-refractivity contribution in [2.45, 2.75) is 64.2 Å². The Morgan fingerprint density at radius 3 is 2.66 bits per heavy atom. The number of benzene rings is 1. The number of fused-ring (bicyclic) bond motifs is 1. The molecule has 3 aromatic rings. The van der Waals surface area contributed by atoms with Gasteiger partial charge in [0, 0.05) is 12.6 Å². The van der Waals surface area contributed by atoms with Crippen molar-refractivity contribution in [1.29, 1.82) is 0 Å². The monoisotopic (exact) mass is 448 g/mol. The average Bonchev–Trinajstić information content (AvgIpc) is 3.54. The van der Waals surface area contributed by atoms with Gasteiger partial charge >= 0.3 is 0 Å². The number of aromatic nitrogens is 2. The van der Waals surface area contributed by atoms with E-state index in [1.54, 1.807) is 20.9 Å². The number of nitrogens with zero attached hydrogens (tertiary/aromatic N) is 3. The van der Waals surface area contributed by atoms with Gasteiger partial charge in [0.2, 0.25) is 5.91 Å². The predicted octanol–water partition coefficient (Wildman–Crippen LogP) is 4.39. The Bertz CT molecular complexity index is 1130. The van der Waals surface area contributed by atoms with Crippen LogP contribution in [0.15, 0.2) is 47.8 Å². The maximum absolute atomic E-state index is 13.7. The molecule has 166 valence electrons. The first-order chi connectivity index (χ1) is 15.4. The van der Waals surface area contributed by atoms with Crippen molar-refractivity contribution in [1.82, 2.24) is 20.0 Å². The minimum Gasteiger partial charge on any atom is -0.351 e. The van der Waals surface area contributed by atoms with Gasteiger partial charge in [-0.3, -0.25) is 14.3 Å². The van der Waals surface area contributed by atoms with E-state index in [1.807, 2.05) is 61.7 Å². The number of aryl methyl sites for hydroxylation is 1. The van der Waals surface area contributed by atoms with Crippen LogP contribution in [0.1, 0.15) is 54.2 Å². The number of hydrogen-bond acceptors (Lipinski definition) is 4. The van der Waals surface area contributed by atoms with Crippen molar-refractivity contribution in [2.24, 2.45) is 0 Å². The molecule has 1 aromatic carbocycles. The number of thiophene rings is 1. The van der Waals surface area contributed by atoms with Gasteiger partial charge < -0.3 is 10.2 Å². The lowest BCUT2D eigenvalue weighted by Gasteiger charge is -2.43. The van der Waals surface area contributed by atoms with Gasteiger partial charge in [-0.2, -0.15) is 5.10 Å². The highest BCUT2D eigenvalue weighted by Crippen LogP contribution is 2.33. The summed E-state index contributed by atoms with van der Waals surface area (Å²) in [4.78, 5) is 30.0. The van der Waals surface area contributed by atoms with Crippen molar-refractivity contribution in [2.75, 3.05) is 0 Å². The van der Waals surface area contributed by atoms with Gasteiger partial charge in [0.25, 0.3) is 5.91 Å². The van der Waals surface area contributed by atoms with Crippen LogP contribution in [0, 0.1) is 6.92 Å². The van der Waals surface area contributed by atoms with E-state index >= 15 is 0 Å². The van der Waals surface area contributed by atoms with E-state index in [2.05, 4.69) is 5.32 Å². The first-order valence-electron chi connectivity index (χ1n) is 11.2. The maximum atomic E-state index is 13.7. The Hall–Kier alpha value is -2.93. The molecule has 2 amide bonds. The van der Waals surface area contributed by atoms with Gasteiger partial charge in [-0.25, -0.2) is 0 Å². The van der Waals surface area contributed by atoms with E-state index < -0.39 is 5.54 Å². The predicted molar refractivity (Wildman–Crippen MR) is 125 cm³/mol. The summed E-state index contributed by atoms with van der Waals surface area (Å²) in [7, 11) is 0. The molecule has 1 atom stereocenters. The van der Waals surface area contributed by atoms with Crippen LogP contribution in [0.2, 0.25) is 0 Å². The second-order valence-electron chi connectivity index (χ2n) is 9.16. The fraction of sp³-hybridized carbons (Fsp3) is 0.400. The van der Waals surface area contributed by atoms with Crippen molar-refractivity contribution < 1.29 is 9.59 Å². The van der Waals surface area contributed by atoms with E-state index in [9.17, 15) is 9.59 Å². The Morgan fingerprint density at radius 2 is 1.97 bits per heavy atom. The van der Waals surface area contributed by atoms with Gasteiger partial charge in [-0.15, -0.1) is 11.3 Å². The maximum Gasteiger partial charge on any atom is 0.273 e. The molecule has 5 rings (SSSR count). The molecule has 2 aliphatic rings. The van der Waals surface area contributed by atoms with Crippen LogP contribution in [0.5, 0.6) is 0 Å². The Morgan fingerprint density at radius 1 is 1.22 bits per heavy atom. The van der Waals surface area contributed by atoms with Crippen LogP contribution < -0.4 is 5.32 Å². The SMILES string of the molecule is Cc1ccc(CN2C(=O)c3cc(-c4cccs4)nn3CC2(C)C(=O)NC2CCCC2)cc1. The summed E-state index contributed by atoms with van der Waals surface area (Å²) in [5.41, 5.74) is 2.47. The van der Waals surface area contributed by atoms with Gasteiger partial charge in [0.15, 0.2) is 0 Å². The van der Waals surface area contributed by atoms with Crippen molar-refractivity contribution in [3.63, 3.8) is 0 Å². The smallest absolute Gasteiger partial charge is 0.273 e. The first kappa shape index (κ1) is 20.9. The summed E-state index contributed by atoms with van der Waals surface area (Å²) >= 11 is 1.59. The lowest BCUT2D eigenvalue weighted by Crippen LogP contribution is -2.64. The van der Waals surface area contributed by atoms with E-state index in [4.69, 9.17) is 5.10 Å². The van der Waals surface area contributed by atoms with Crippen LogP contribution in [0.3, 0.4) is 0 Å². The molecule has 0 bridgehead atoms. The van der Waals surface area contributed by atoms with Crippen LogP contribution in [0.4, 0.5) is 0 Å². The molecule has 2 aromatic heterocycles. The standard InChI is InChI=1S/C25H28N4O2S/c1-17-9-11-18(12-10-17)15-28-23(30)21-14-20(22-8-5-13-32-22)27-29(21)16-25(28,2)24(31)26-19-6-3-4-7-19/h5,8-14,19H,3-4,6-7,15-16H2,1-2H3,(H,26,31). The largest absolute Gasteiger partial charge is 0.351 e. The highest BCUT2D eigenvalue weighted by molar-refractivity contribution is 7.13. The number of amides is 2. The number of carbonyl (C=O) groups is 2. The second-order valence-corrected chi connectivity index (χ2v) is 10.1. The number of rotatable bonds is 5. The topological polar surface area (TPSA) is 67.2 Å². The molecule has 1 aliphatic heterocycles. The lowest BCUT2D eigenvalue weighted by molar-refractivity contribution is -0.134. The molecule has 6 nitrogen and oxygen atoms in total. The van der Waals surface area contributed by atoms with Gasteiger partial charge in [-0.05, 0) is 49.8 Å². The fourth-order valence-electron chi connectivity index (χ4n) is 4.72. The third kappa shape index (κ3) is 3.75. The van der Waals surface area contributed by atoms with Crippen LogP contribution in [0.25, 0.3) is 10.6 Å². The van der Waals surface area contributed by atoms with Crippen molar-refractivity contribution in [3.05, 3.63) is 64.7 Å². The van der Waals surface area contributed by atoms with Crippen LogP contribution in [-0.4, -0.2) is 38.1 Å². The molecule has 32 heavy (non-hydrogen) atoms. The quantitative estimate of drug-likeness (QED) is 0.629. The van der Waals surface area contributed by atoms with Crippen molar-refractivity contribution in [3.8, 4) is 10.6 Å². The third-order valence-corrected chi connectivity index (χ3v) is 7.60. The number of nitrogens with one attached hydrogen (secondary N) is 1. The summed E-state index contributed by atoms with van der Waals surface area (Å²) in [5, 5.41) is 9.93. The van der Waals surface area contributed by atoms with Crippen molar-refractivity contribution >= 4 is 23.2 Å². The summed E-state index contributed by atoms with van der Waals surface area (Å²) in [6, 6.07) is 14.2. The molecule has 0 saturated heterocycles. The summed E-state index contributed by atoms with van der Waals surface area (Å²) < 4.78 is 1.72. The molecule has 1 saturated carbocycles. The lowest BCUT2D eigenvalue weighted by atomic mass is 9.93. The zero-order chi connectivity index (χ0) is 22.3.